The molecular formula is C7H8N2O4. The van der Waals surface area contributed by atoms with Crippen LogP contribution in [-0.4, -0.2) is 26.6 Å². The van der Waals surface area contributed by atoms with Crippen molar-refractivity contribution >= 4 is 6.16 Å². The average Bonchev–Trinajstić information content (AvgIpc) is 2.36. The molecule has 0 unspecified atom stereocenters. The highest BCUT2D eigenvalue weighted by Gasteiger charge is 2.15. The number of carboxylic acid groups (broad SMARTS) is 1. The molecule has 0 fully saturated rings. The van der Waals surface area contributed by atoms with Crippen LogP contribution in [0.2, 0.25) is 0 Å². The number of rotatable bonds is 3. The zero-order chi connectivity index (χ0) is 9.84. The fraction of sp³-hybridized carbons (Fsp3) is 0.143. The highest BCUT2D eigenvalue weighted by molar-refractivity contribution is 5.63. The fourth-order valence-electron chi connectivity index (χ4n) is 0.828. The molecule has 0 aliphatic carbocycles. The molecule has 1 aromatic heterocycles. The first-order chi connectivity index (χ1) is 6.15. The van der Waals surface area contributed by atoms with Gasteiger partial charge in [-0.25, -0.2) is 9.89 Å². The number of aromatic nitrogens is 2. The van der Waals surface area contributed by atoms with E-state index in [-0.39, 0.29) is 5.75 Å². The lowest BCUT2D eigenvalue weighted by molar-refractivity contribution is 0.142. The lowest BCUT2D eigenvalue weighted by Gasteiger charge is -1.97. The van der Waals surface area contributed by atoms with Crippen LogP contribution >= 0.6 is 0 Å². The van der Waals surface area contributed by atoms with Crippen molar-refractivity contribution in [3.05, 3.63) is 18.3 Å². The topological polar surface area (TPSA) is 95.4 Å². The van der Waals surface area contributed by atoms with E-state index in [9.17, 15) is 4.79 Å². The van der Waals surface area contributed by atoms with Crippen molar-refractivity contribution in [3.8, 4) is 11.6 Å². The van der Waals surface area contributed by atoms with Crippen LogP contribution < -0.4 is 4.74 Å². The van der Waals surface area contributed by atoms with Gasteiger partial charge >= 0.3 is 6.16 Å². The zero-order valence-electron chi connectivity index (χ0n) is 6.65. The molecule has 0 aliphatic rings. The first-order valence-electron chi connectivity index (χ1n) is 3.43. The van der Waals surface area contributed by atoms with Crippen molar-refractivity contribution < 1.29 is 19.7 Å². The number of nitrogens with one attached hydrogen (secondary N) is 1. The zero-order valence-corrected chi connectivity index (χ0v) is 6.65. The number of nitrogens with zero attached hydrogens (tertiary/aromatic N) is 1. The summed E-state index contributed by atoms with van der Waals surface area (Å²) in [5, 5.41) is 23.2. The molecule has 70 valence electrons. The molecule has 0 amide bonds. The van der Waals surface area contributed by atoms with Crippen LogP contribution in [0.4, 0.5) is 4.79 Å². The predicted molar refractivity (Wildman–Crippen MR) is 42.8 cm³/mol. The summed E-state index contributed by atoms with van der Waals surface area (Å²) in [5.74, 6) is -0.577. The normalized spacial score (nSPS) is 9.54. The Balaban J connectivity index is 2.93. The second kappa shape index (κ2) is 3.61. The van der Waals surface area contributed by atoms with Gasteiger partial charge in [0.2, 0.25) is 5.75 Å². The van der Waals surface area contributed by atoms with Gasteiger partial charge < -0.3 is 14.9 Å². The molecular weight excluding hydrogens is 176 g/mol. The highest BCUT2D eigenvalue weighted by atomic mass is 16.7. The lowest BCUT2D eigenvalue weighted by Crippen LogP contribution is -2.04. The van der Waals surface area contributed by atoms with E-state index in [1.54, 1.807) is 0 Å². The van der Waals surface area contributed by atoms with E-state index in [1.165, 1.54) is 6.08 Å². The maximum atomic E-state index is 10.2. The molecule has 0 bridgehead atoms. The summed E-state index contributed by atoms with van der Waals surface area (Å²) >= 11 is 0. The smallest absolute Gasteiger partial charge is 0.491 e. The minimum atomic E-state index is -1.50. The van der Waals surface area contributed by atoms with E-state index in [1.807, 2.05) is 0 Å². The van der Waals surface area contributed by atoms with Gasteiger partial charge in [0.05, 0.1) is 0 Å². The molecule has 6 heteroatoms. The van der Waals surface area contributed by atoms with Gasteiger partial charge in [-0.1, -0.05) is 6.08 Å². The van der Waals surface area contributed by atoms with E-state index in [0.29, 0.717) is 12.1 Å². The van der Waals surface area contributed by atoms with Crippen LogP contribution in [0.1, 0.15) is 5.69 Å². The largest absolute Gasteiger partial charge is 0.511 e. The molecule has 1 rings (SSSR count). The molecule has 0 saturated carbocycles. The van der Waals surface area contributed by atoms with Gasteiger partial charge in [-0.05, 0) is 0 Å². The summed E-state index contributed by atoms with van der Waals surface area (Å²) in [5.41, 5.74) is 0.301. The van der Waals surface area contributed by atoms with E-state index < -0.39 is 12.0 Å². The van der Waals surface area contributed by atoms with Gasteiger partial charge in [-0.3, -0.25) is 0 Å². The number of H-pyrrole nitrogens is 1. The fourth-order valence-corrected chi connectivity index (χ4v) is 0.828. The van der Waals surface area contributed by atoms with Gasteiger partial charge in [0.15, 0.2) is 0 Å². The second-order valence-electron chi connectivity index (χ2n) is 2.21. The molecule has 13 heavy (non-hydrogen) atoms. The van der Waals surface area contributed by atoms with Crippen LogP contribution in [0.5, 0.6) is 11.6 Å². The van der Waals surface area contributed by atoms with Crippen LogP contribution in [0.3, 0.4) is 0 Å². The number of hydrogen-bond acceptors (Lipinski definition) is 4. The summed E-state index contributed by atoms with van der Waals surface area (Å²) < 4.78 is 4.29. The Morgan fingerprint density at radius 2 is 2.46 bits per heavy atom. The Kier molecular flexibility index (Phi) is 2.53. The van der Waals surface area contributed by atoms with Crippen molar-refractivity contribution in [1.82, 2.24) is 10.2 Å². The number of allylic oxidation sites excluding steroid dienone is 1. The lowest BCUT2D eigenvalue weighted by atomic mass is 10.3. The van der Waals surface area contributed by atoms with Crippen LogP contribution in [0, 0.1) is 0 Å². The van der Waals surface area contributed by atoms with Crippen molar-refractivity contribution in [2.75, 3.05) is 0 Å². The van der Waals surface area contributed by atoms with Crippen LogP contribution in [0.25, 0.3) is 0 Å². The number of carbonyl (C=O) groups is 1. The maximum absolute atomic E-state index is 10.2. The molecule has 6 nitrogen and oxygen atoms in total. The number of ether oxygens (including phenoxy) is 1. The third-order valence-electron chi connectivity index (χ3n) is 1.30. The van der Waals surface area contributed by atoms with E-state index in [4.69, 9.17) is 10.2 Å². The molecule has 1 aromatic rings. The van der Waals surface area contributed by atoms with Gasteiger partial charge in [0.1, 0.15) is 5.69 Å². The minimum Gasteiger partial charge on any atom is -0.491 e. The van der Waals surface area contributed by atoms with Gasteiger partial charge in [-0.15, -0.1) is 6.58 Å². The Morgan fingerprint density at radius 3 is 3.00 bits per heavy atom. The Bertz CT molecular complexity index is 331. The maximum Gasteiger partial charge on any atom is 0.511 e. The predicted octanol–water partition coefficient (Wildman–Crippen LogP) is 0.901. The van der Waals surface area contributed by atoms with Gasteiger partial charge in [-0.2, -0.15) is 5.10 Å². The third kappa shape index (κ3) is 1.98. The molecule has 3 N–H and O–H groups in total. The van der Waals surface area contributed by atoms with Gasteiger partial charge in [0.25, 0.3) is 5.88 Å². The molecule has 0 spiro atoms. The number of aromatic hydroxyl groups is 1. The van der Waals surface area contributed by atoms with E-state index >= 15 is 0 Å². The summed E-state index contributed by atoms with van der Waals surface area (Å²) in [6.45, 7) is 3.45. The van der Waals surface area contributed by atoms with Crippen LogP contribution in [0.15, 0.2) is 12.7 Å². The standard InChI is InChI=1S/C7H8N2O4/c1-2-3-4-5(13-7(11)12)6(10)9-8-4/h2H,1,3H2,(H,11,12)(H2,8,9,10). The van der Waals surface area contributed by atoms with Crippen molar-refractivity contribution in [2.24, 2.45) is 0 Å². The van der Waals surface area contributed by atoms with Crippen LogP contribution in [-0.2, 0) is 6.42 Å². The minimum absolute atomic E-state index is 0.174. The molecule has 0 aromatic carbocycles. The summed E-state index contributed by atoms with van der Waals surface area (Å²) in [6.07, 6.45) is 0.339. The van der Waals surface area contributed by atoms with Crippen molar-refractivity contribution in [2.45, 2.75) is 6.42 Å². The highest BCUT2D eigenvalue weighted by Crippen LogP contribution is 2.27. The molecule has 0 atom stereocenters. The first-order valence-corrected chi connectivity index (χ1v) is 3.43. The molecule has 0 saturated heterocycles. The molecule has 0 aliphatic heterocycles. The Labute approximate surface area is 73.5 Å². The Hall–Kier alpha value is -1.98. The SMILES string of the molecule is C=CCc1n[nH]c(O)c1OC(=O)O. The number of aromatic amines is 1. The number of hydrogen-bond donors (Lipinski definition) is 3. The average molecular weight is 184 g/mol. The van der Waals surface area contributed by atoms with Crippen molar-refractivity contribution in [1.29, 1.82) is 0 Å². The quantitative estimate of drug-likeness (QED) is 0.479. The third-order valence-corrected chi connectivity index (χ3v) is 1.30. The summed E-state index contributed by atoms with van der Waals surface area (Å²) in [6, 6.07) is 0. The Morgan fingerprint density at radius 1 is 1.77 bits per heavy atom. The van der Waals surface area contributed by atoms with E-state index in [2.05, 4.69) is 21.5 Å². The second-order valence-corrected chi connectivity index (χ2v) is 2.21. The van der Waals surface area contributed by atoms with Crippen molar-refractivity contribution in [3.63, 3.8) is 0 Å². The van der Waals surface area contributed by atoms with Gasteiger partial charge in [0, 0.05) is 6.42 Å². The van der Waals surface area contributed by atoms with E-state index in [0.717, 1.165) is 0 Å². The first kappa shape index (κ1) is 9.11. The molecule has 0 radical (unpaired) electrons. The monoisotopic (exact) mass is 184 g/mol. The molecule has 1 heterocycles. The summed E-state index contributed by atoms with van der Waals surface area (Å²) in [4.78, 5) is 10.2. The summed E-state index contributed by atoms with van der Waals surface area (Å²) in [7, 11) is 0.